The number of hydrogen-bond acceptors (Lipinski definition) is 3. The van der Waals surface area contributed by atoms with Crippen LogP contribution in [-0.4, -0.2) is 29.8 Å². The number of benzene rings is 2. The summed E-state index contributed by atoms with van der Waals surface area (Å²) in [6.07, 6.45) is 1.96. The number of nitrogens with zero attached hydrogens (tertiary/aromatic N) is 2. The number of rotatable bonds is 3. The third-order valence-corrected chi connectivity index (χ3v) is 5.55. The molecule has 144 valence electrons. The van der Waals surface area contributed by atoms with E-state index in [0.29, 0.717) is 28.4 Å². The molecule has 2 aromatic carbocycles. The van der Waals surface area contributed by atoms with Gasteiger partial charge in [0.05, 0.1) is 11.3 Å². The van der Waals surface area contributed by atoms with Crippen molar-refractivity contribution in [3.63, 3.8) is 0 Å². The van der Waals surface area contributed by atoms with E-state index in [0.717, 1.165) is 31.5 Å². The highest BCUT2D eigenvalue weighted by atomic mass is 19.1. The molecule has 0 saturated carbocycles. The van der Waals surface area contributed by atoms with Crippen molar-refractivity contribution < 1.29 is 14.0 Å². The van der Waals surface area contributed by atoms with Gasteiger partial charge >= 0.3 is 0 Å². The number of carbonyl (C=O) groups excluding carboxylic acids is 2. The molecular formula is C23H23FN2O2. The second kappa shape index (κ2) is 7.23. The van der Waals surface area contributed by atoms with Gasteiger partial charge in [-0.2, -0.15) is 0 Å². The summed E-state index contributed by atoms with van der Waals surface area (Å²) < 4.78 is 13.4. The number of carbonyl (C=O) groups is 2. The van der Waals surface area contributed by atoms with Gasteiger partial charge < -0.3 is 4.90 Å². The molecule has 0 aliphatic carbocycles. The Morgan fingerprint density at radius 3 is 2.29 bits per heavy atom. The van der Waals surface area contributed by atoms with Crippen molar-refractivity contribution >= 4 is 23.1 Å². The summed E-state index contributed by atoms with van der Waals surface area (Å²) in [5.74, 6) is -0.420. The van der Waals surface area contributed by atoms with Crippen LogP contribution in [0.5, 0.6) is 0 Å². The molecule has 0 spiro atoms. The predicted octanol–water partition coefficient (Wildman–Crippen LogP) is 4.15. The molecule has 2 aromatic rings. The molecule has 2 amide bonds. The number of anilines is 1. The van der Waals surface area contributed by atoms with E-state index < -0.39 is 0 Å². The molecule has 28 heavy (non-hydrogen) atoms. The zero-order chi connectivity index (χ0) is 19.8. The van der Waals surface area contributed by atoms with Gasteiger partial charge in [-0.05, 0) is 61.1 Å². The average Bonchev–Trinajstić information content (AvgIpc) is 2.93. The van der Waals surface area contributed by atoms with Gasteiger partial charge in [0, 0.05) is 13.1 Å². The Morgan fingerprint density at radius 2 is 1.64 bits per heavy atom. The van der Waals surface area contributed by atoms with Gasteiger partial charge in [0.15, 0.2) is 0 Å². The summed E-state index contributed by atoms with van der Waals surface area (Å²) in [6, 6.07) is 13.2. The van der Waals surface area contributed by atoms with E-state index in [4.69, 9.17) is 0 Å². The normalized spacial score (nSPS) is 18.4. The molecule has 0 unspecified atom stereocenters. The largest absolute Gasteiger partial charge is 0.366 e. The van der Waals surface area contributed by atoms with Crippen LogP contribution >= 0.6 is 0 Å². The van der Waals surface area contributed by atoms with Crippen LogP contribution in [0.3, 0.4) is 0 Å². The van der Waals surface area contributed by atoms with Crippen molar-refractivity contribution in [2.24, 2.45) is 5.92 Å². The number of amides is 2. The lowest BCUT2D eigenvalue weighted by Crippen LogP contribution is -2.38. The van der Waals surface area contributed by atoms with Crippen molar-refractivity contribution in [3.8, 4) is 0 Å². The van der Waals surface area contributed by atoms with Crippen LogP contribution in [0.25, 0.3) is 5.57 Å². The van der Waals surface area contributed by atoms with Crippen molar-refractivity contribution in [2.45, 2.75) is 26.7 Å². The monoisotopic (exact) mass is 378 g/mol. The Labute approximate surface area is 164 Å². The summed E-state index contributed by atoms with van der Waals surface area (Å²) in [4.78, 5) is 30.0. The Kier molecular flexibility index (Phi) is 4.75. The molecule has 0 radical (unpaired) electrons. The first-order valence-corrected chi connectivity index (χ1v) is 9.66. The van der Waals surface area contributed by atoms with Gasteiger partial charge in [0.1, 0.15) is 11.5 Å². The molecule has 0 N–H and O–H groups in total. The van der Waals surface area contributed by atoms with E-state index in [1.165, 1.54) is 17.0 Å². The van der Waals surface area contributed by atoms with Gasteiger partial charge in [0.25, 0.3) is 11.8 Å². The second-order valence-corrected chi connectivity index (χ2v) is 7.68. The third-order valence-electron chi connectivity index (χ3n) is 5.55. The average molecular weight is 378 g/mol. The molecule has 2 heterocycles. The number of halogens is 1. The van der Waals surface area contributed by atoms with E-state index in [1.807, 2.05) is 30.0 Å². The quantitative estimate of drug-likeness (QED) is 0.754. The highest BCUT2D eigenvalue weighted by Gasteiger charge is 2.42. The molecule has 4 nitrogen and oxygen atoms in total. The topological polar surface area (TPSA) is 40.6 Å². The number of hydrogen-bond donors (Lipinski definition) is 0. The van der Waals surface area contributed by atoms with E-state index in [1.54, 1.807) is 18.2 Å². The van der Waals surface area contributed by atoms with Crippen molar-refractivity contribution in [1.82, 2.24) is 4.90 Å². The molecule has 0 atom stereocenters. The van der Waals surface area contributed by atoms with Crippen LogP contribution in [0.4, 0.5) is 10.1 Å². The van der Waals surface area contributed by atoms with Crippen molar-refractivity contribution in [3.05, 3.63) is 71.2 Å². The molecule has 1 saturated heterocycles. The van der Waals surface area contributed by atoms with Crippen molar-refractivity contribution in [1.29, 1.82) is 0 Å². The van der Waals surface area contributed by atoms with Crippen LogP contribution in [0.2, 0.25) is 0 Å². The molecule has 4 rings (SSSR count). The molecular weight excluding hydrogens is 355 g/mol. The maximum Gasteiger partial charge on any atom is 0.282 e. The highest BCUT2D eigenvalue weighted by molar-refractivity contribution is 6.45. The zero-order valence-corrected chi connectivity index (χ0v) is 16.1. The fraction of sp³-hybridized carbons (Fsp3) is 0.304. The van der Waals surface area contributed by atoms with Gasteiger partial charge in [-0.3, -0.25) is 9.59 Å². The first kappa shape index (κ1) is 18.4. The Morgan fingerprint density at radius 1 is 0.964 bits per heavy atom. The minimum atomic E-state index is -0.370. The molecule has 2 aliphatic rings. The van der Waals surface area contributed by atoms with Crippen LogP contribution in [-0.2, 0) is 9.59 Å². The van der Waals surface area contributed by atoms with Gasteiger partial charge in [-0.25, -0.2) is 9.29 Å². The first-order chi connectivity index (χ1) is 13.5. The minimum absolute atomic E-state index is 0.301. The summed E-state index contributed by atoms with van der Waals surface area (Å²) in [7, 11) is 0. The number of imide groups is 1. The lowest BCUT2D eigenvalue weighted by Gasteiger charge is -2.32. The van der Waals surface area contributed by atoms with E-state index in [2.05, 4.69) is 6.92 Å². The Balaban J connectivity index is 1.81. The van der Waals surface area contributed by atoms with E-state index in [-0.39, 0.29) is 17.6 Å². The zero-order valence-electron chi connectivity index (χ0n) is 16.1. The number of likely N-dealkylation sites (tertiary alicyclic amines) is 1. The van der Waals surface area contributed by atoms with Gasteiger partial charge in [-0.15, -0.1) is 0 Å². The van der Waals surface area contributed by atoms with Crippen LogP contribution in [0.15, 0.2) is 54.2 Å². The molecule has 2 aliphatic heterocycles. The fourth-order valence-corrected chi connectivity index (χ4v) is 3.92. The van der Waals surface area contributed by atoms with Gasteiger partial charge in [-0.1, -0.05) is 31.2 Å². The van der Waals surface area contributed by atoms with Crippen LogP contribution < -0.4 is 4.90 Å². The minimum Gasteiger partial charge on any atom is -0.366 e. The predicted molar refractivity (Wildman–Crippen MR) is 107 cm³/mol. The molecule has 0 aromatic heterocycles. The molecule has 0 bridgehead atoms. The maximum atomic E-state index is 13.4. The summed E-state index contributed by atoms with van der Waals surface area (Å²) in [5, 5.41) is 0. The summed E-state index contributed by atoms with van der Waals surface area (Å²) >= 11 is 0. The lowest BCUT2D eigenvalue weighted by molar-refractivity contribution is -0.120. The van der Waals surface area contributed by atoms with Gasteiger partial charge in [0.2, 0.25) is 0 Å². The van der Waals surface area contributed by atoms with Crippen LogP contribution in [0, 0.1) is 18.7 Å². The fourth-order valence-electron chi connectivity index (χ4n) is 3.92. The van der Waals surface area contributed by atoms with Crippen molar-refractivity contribution in [2.75, 3.05) is 18.0 Å². The van der Waals surface area contributed by atoms with E-state index in [9.17, 15) is 14.0 Å². The summed E-state index contributed by atoms with van der Waals surface area (Å²) in [6.45, 7) is 5.60. The first-order valence-electron chi connectivity index (χ1n) is 9.66. The highest BCUT2D eigenvalue weighted by Crippen LogP contribution is 2.36. The number of aryl methyl sites for hydroxylation is 1. The Hall–Kier alpha value is -2.95. The third kappa shape index (κ3) is 3.21. The smallest absolute Gasteiger partial charge is 0.282 e. The second-order valence-electron chi connectivity index (χ2n) is 7.68. The Bertz CT molecular complexity index is 957. The summed E-state index contributed by atoms with van der Waals surface area (Å²) in [5.41, 5.74) is 2.91. The standard InChI is InChI=1S/C23H23FN2O2/c1-15-10-12-25(13-11-15)21-20(17-6-8-18(24)9-7-17)22(27)26(23(21)28)19-5-3-4-16(2)14-19/h3-9,14-15H,10-13H2,1-2H3. The molecule has 1 fully saturated rings. The SMILES string of the molecule is Cc1cccc(N2C(=O)C(c3ccc(F)cc3)=C(N3CCC(C)CC3)C2=O)c1. The van der Waals surface area contributed by atoms with Crippen LogP contribution in [0.1, 0.15) is 30.9 Å². The lowest BCUT2D eigenvalue weighted by atomic mass is 9.97. The molecule has 5 heteroatoms. The maximum absolute atomic E-state index is 13.4. The van der Waals surface area contributed by atoms with E-state index >= 15 is 0 Å². The number of piperidine rings is 1.